The van der Waals surface area contributed by atoms with Crippen LogP contribution in [-0.4, -0.2) is 31.4 Å². The first-order valence-electron chi connectivity index (χ1n) is 10.6. The van der Waals surface area contributed by atoms with Crippen LogP contribution in [0.2, 0.25) is 5.02 Å². The van der Waals surface area contributed by atoms with E-state index in [0.717, 1.165) is 16.8 Å². The van der Waals surface area contributed by atoms with Crippen LogP contribution in [0.3, 0.4) is 0 Å². The second-order valence-electron chi connectivity index (χ2n) is 7.70. The van der Waals surface area contributed by atoms with Crippen LogP contribution in [0.5, 0.6) is 0 Å². The van der Waals surface area contributed by atoms with Gasteiger partial charge < -0.3 is 9.73 Å². The number of nitrogens with one attached hydrogen (secondary N) is 2. The molecule has 5 aromatic rings. The standard InChI is InChI=1S/C23H17ClN8O4/c1-12-4-3-5-17(13(12)2)26-20-21(28-23-22(27-20)30-36-31-23)29-25-11-15-7-9-19(35-15)14-6-8-18(32(33)34)16(24)10-14/h3-11H,1-2H3,(H,26,27,30)(H,28,29,31)/b25-11+. The number of nitro groups is 1. The molecule has 0 aliphatic rings. The van der Waals surface area contributed by atoms with E-state index in [4.69, 9.17) is 20.6 Å². The zero-order valence-electron chi connectivity index (χ0n) is 18.9. The van der Waals surface area contributed by atoms with E-state index in [2.05, 4.69) is 36.1 Å². The number of halogens is 1. The second kappa shape index (κ2) is 9.43. The number of rotatable bonds is 7. The van der Waals surface area contributed by atoms with Crippen LogP contribution >= 0.6 is 11.6 Å². The fourth-order valence-electron chi connectivity index (χ4n) is 3.36. The van der Waals surface area contributed by atoms with E-state index < -0.39 is 4.92 Å². The lowest BCUT2D eigenvalue weighted by Crippen LogP contribution is -2.04. The molecule has 0 atom stereocenters. The molecule has 0 radical (unpaired) electrons. The summed E-state index contributed by atoms with van der Waals surface area (Å²) in [5, 5.41) is 25.9. The van der Waals surface area contributed by atoms with Crippen LogP contribution in [0.4, 0.5) is 23.0 Å². The van der Waals surface area contributed by atoms with Gasteiger partial charge in [0.1, 0.15) is 16.5 Å². The monoisotopic (exact) mass is 504 g/mol. The first-order chi connectivity index (χ1) is 17.4. The van der Waals surface area contributed by atoms with Crippen molar-refractivity contribution in [1.82, 2.24) is 20.3 Å². The Morgan fingerprint density at radius 2 is 1.83 bits per heavy atom. The van der Waals surface area contributed by atoms with Gasteiger partial charge in [-0.15, -0.1) is 0 Å². The highest BCUT2D eigenvalue weighted by atomic mass is 35.5. The maximum absolute atomic E-state index is 11.0. The molecule has 12 nitrogen and oxygen atoms in total. The molecule has 2 N–H and O–H groups in total. The minimum atomic E-state index is -0.545. The fraction of sp³-hybridized carbons (Fsp3) is 0.0870. The lowest BCUT2D eigenvalue weighted by atomic mass is 10.1. The molecule has 0 saturated heterocycles. The highest BCUT2D eigenvalue weighted by Crippen LogP contribution is 2.31. The van der Waals surface area contributed by atoms with Crippen molar-refractivity contribution < 1.29 is 14.0 Å². The molecule has 3 aromatic heterocycles. The molecular weight excluding hydrogens is 488 g/mol. The topological polar surface area (TPSA) is 157 Å². The van der Waals surface area contributed by atoms with Gasteiger partial charge in [-0.1, -0.05) is 23.7 Å². The van der Waals surface area contributed by atoms with Gasteiger partial charge in [0.2, 0.25) is 11.3 Å². The summed E-state index contributed by atoms with van der Waals surface area (Å²) in [6.45, 7) is 4.02. The molecule has 2 aromatic carbocycles. The average Bonchev–Trinajstić information content (AvgIpc) is 3.51. The van der Waals surface area contributed by atoms with Crippen molar-refractivity contribution in [3.05, 3.63) is 80.6 Å². The lowest BCUT2D eigenvalue weighted by Gasteiger charge is -2.12. The number of hydrogen-bond acceptors (Lipinski definition) is 11. The van der Waals surface area contributed by atoms with E-state index in [1.807, 2.05) is 32.0 Å². The highest BCUT2D eigenvalue weighted by molar-refractivity contribution is 6.32. The van der Waals surface area contributed by atoms with Crippen LogP contribution in [0.25, 0.3) is 22.6 Å². The first-order valence-corrected chi connectivity index (χ1v) is 10.9. The van der Waals surface area contributed by atoms with Crippen LogP contribution in [0, 0.1) is 24.0 Å². The SMILES string of the molecule is Cc1cccc(Nc2nc3nonc3nc2N/N=C/c2ccc(-c3ccc([N+](=O)[O-])c(Cl)c3)o2)c1C. The van der Waals surface area contributed by atoms with E-state index >= 15 is 0 Å². The molecule has 0 amide bonds. The third-order valence-electron chi connectivity index (χ3n) is 5.39. The number of hydrogen-bond donors (Lipinski definition) is 2. The van der Waals surface area contributed by atoms with Crippen LogP contribution in [-0.2, 0) is 0 Å². The number of furan rings is 1. The Bertz CT molecular complexity index is 1630. The van der Waals surface area contributed by atoms with Gasteiger partial charge in [0, 0.05) is 17.3 Å². The van der Waals surface area contributed by atoms with Crippen LogP contribution in [0.1, 0.15) is 16.9 Å². The largest absolute Gasteiger partial charge is 0.455 e. The van der Waals surface area contributed by atoms with E-state index in [1.165, 1.54) is 18.3 Å². The number of aromatic nitrogens is 4. The minimum Gasteiger partial charge on any atom is -0.455 e. The molecule has 0 aliphatic heterocycles. The lowest BCUT2D eigenvalue weighted by molar-refractivity contribution is -0.384. The Balaban J connectivity index is 1.38. The Labute approximate surface area is 208 Å². The smallest absolute Gasteiger partial charge is 0.287 e. The zero-order chi connectivity index (χ0) is 25.2. The van der Waals surface area contributed by atoms with Gasteiger partial charge in [-0.25, -0.2) is 9.61 Å². The normalized spacial score (nSPS) is 11.3. The zero-order valence-corrected chi connectivity index (χ0v) is 19.6. The molecule has 36 heavy (non-hydrogen) atoms. The summed E-state index contributed by atoms with van der Waals surface area (Å²) in [4.78, 5) is 19.2. The molecule has 13 heteroatoms. The summed E-state index contributed by atoms with van der Waals surface area (Å²) in [6, 6.07) is 13.6. The van der Waals surface area contributed by atoms with Gasteiger partial charge in [-0.3, -0.25) is 15.5 Å². The van der Waals surface area contributed by atoms with Crippen LogP contribution < -0.4 is 10.7 Å². The highest BCUT2D eigenvalue weighted by Gasteiger charge is 2.15. The number of nitro benzene ring substituents is 1. The van der Waals surface area contributed by atoms with Crippen molar-refractivity contribution in [2.24, 2.45) is 5.10 Å². The molecule has 0 spiro atoms. The van der Waals surface area contributed by atoms with E-state index in [-0.39, 0.29) is 22.0 Å². The number of aryl methyl sites for hydroxylation is 1. The number of benzene rings is 2. The Morgan fingerprint density at radius 3 is 2.58 bits per heavy atom. The van der Waals surface area contributed by atoms with Gasteiger partial charge in [-0.05, 0) is 65.6 Å². The Morgan fingerprint density at radius 1 is 1.06 bits per heavy atom. The molecule has 180 valence electrons. The number of nitrogens with zero attached hydrogens (tertiary/aromatic N) is 6. The molecule has 0 aliphatic carbocycles. The Kier molecular flexibility index (Phi) is 6.00. The van der Waals surface area contributed by atoms with Crippen molar-refractivity contribution >= 4 is 52.1 Å². The summed E-state index contributed by atoms with van der Waals surface area (Å²) < 4.78 is 10.5. The van der Waals surface area contributed by atoms with Gasteiger partial charge >= 0.3 is 0 Å². The van der Waals surface area contributed by atoms with Crippen molar-refractivity contribution in [3.63, 3.8) is 0 Å². The maximum atomic E-state index is 11.0. The quantitative estimate of drug-likeness (QED) is 0.161. The number of fused-ring (bicyclic) bond motifs is 1. The van der Waals surface area contributed by atoms with Gasteiger partial charge in [0.05, 0.1) is 11.1 Å². The van der Waals surface area contributed by atoms with Crippen molar-refractivity contribution in [3.8, 4) is 11.3 Å². The molecule has 0 saturated carbocycles. The van der Waals surface area contributed by atoms with E-state index in [0.29, 0.717) is 28.7 Å². The summed E-state index contributed by atoms with van der Waals surface area (Å²) in [5.74, 6) is 1.57. The summed E-state index contributed by atoms with van der Waals surface area (Å²) in [7, 11) is 0. The van der Waals surface area contributed by atoms with Crippen molar-refractivity contribution in [2.75, 3.05) is 10.7 Å². The predicted octanol–water partition coefficient (Wildman–Crippen LogP) is 5.64. The Hall–Kier alpha value is -4.84. The van der Waals surface area contributed by atoms with Crippen molar-refractivity contribution in [2.45, 2.75) is 13.8 Å². The molecule has 0 bridgehead atoms. The first kappa shape index (κ1) is 22.9. The van der Waals surface area contributed by atoms with E-state index in [1.54, 1.807) is 18.2 Å². The van der Waals surface area contributed by atoms with Gasteiger partial charge in [0.15, 0.2) is 11.6 Å². The predicted molar refractivity (Wildman–Crippen MR) is 134 cm³/mol. The third-order valence-corrected chi connectivity index (χ3v) is 5.69. The summed E-state index contributed by atoms with van der Waals surface area (Å²) in [5.41, 5.74) is 6.75. The molecule has 0 unspecified atom stereocenters. The molecule has 0 fully saturated rings. The molecular formula is C23H17ClN8O4. The molecule has 3 heterocycles. The fourth-order valence-corrected chi connectivity index (χ4v) is 3.61. The maximum Gasteiger partial charge on any atom is 0.287 e. The van der Waals surface area contributed by atoms with E-state index in [9.17, 15) is 10.1 Å². The summed E-state index contributed by atoms with van der Waals surface area (Å²) in [6.07, 6.45) is 1.45. The van der Waals surface area contributed by atoms with Gasteiger partial charge in [0.25, 0.3) is 5.69 Å². The average molecular weight is 505 g/mol. The van der Waals surface area contributed by atoms with Crippen molar-refractivity contribution in [1.29, 1.82) is 0 Å². The second-order valence-corrected chi connectivity index (χ2v) is 8.11. The number of anilines is 3. The number of hydrazone groups is 1. The van der Waals surface area contributed by atoms with Gasteiger partial charge in [-0.2, -0.15) is 10.1 Å². The minimum absolute atomic E-state index is 0.0194. The van der Waals surface area contributed by atoms with Crippen LogP contribution in [0.15, 0.2) is 62.7 Å². The third kappa shape index (κ3) is 4.57. The molecule has 5 rings (SSSR count). The summed E-state index contributed by atoms with van der Waals surface area (Å²) >= 11 is 6.00.